The van der Waals surface area contributed by atoms with E-state index in [1.165, 1.54) is 0 Å². The van der Waals surface area contributed by atoms with Gasteiger partial charge in [-0.2, -0.15) is 0 Å². The third kappa shape index (κ3) is 2.37. The fourth-order valence-corrected chi connectivity index (χ4v) is 2.21. The minimum Gasteiger partial charge on any atom is -0.438 e. The lowest BCUT2D eigenvalue weighted by Crippen LogP contribution is -2.51. The van der Waals surface area contributed by atoms with E-state index in [2.05, 4.69) is 5.32 Å². The maximum atomic E-state index is 11.3. The molecule has 0 radical (unpaired) electrons. The molecule has 17 heavy (non-hydrogen) atoms. The highest BCUT2D eigenvalue weighted by Crippen LogP contribution is 2.32. The maximum absolute atomic E-state index is 11.3. The molecule has 92 valence electrons. The average molecular weight is 256 g/mol. The number of amides is 1. The van der Waals surface area contributed by atoms with Gasteiger partial charge in [0.15, 0.2) is 6.10 Å². The van der Waals surface area contributed by atoms with Gasteiger partial charge in [-0.1, -0.05) is 23.7 Å². The van der Waals surface area contributed by atoms with Crippen LogP contribution in [-0.4, -0.2) is 23.3 Å². The summed E-state index contributed by atoms with van der Waals surface area (Å²) < 4.78 is 5.09. The van der Waals surface area contributed by atoms with Crippen molar-refractivity contribution < 1.29 is 14.6 Å². The molecule has 0 aromatic heterocycles. The van der Waals surface area contributed by atoms with Crippen LogP contribution in [0.1, 0.15) is 24.2 Å². The van der Waals surface area contributed by atoms with Gasteiger partial charge in [-0.25, -0.2) is 4.79 Å². The molecule has 3 atom stereocenters. The van der Waals surface area contributed by atoms with Crippen molar-refractivity contribution in [3.05, 3.63) is 34.3 Å². The Morgan fingerprint density at radius 3 is 2.82 bits per heavy atom. The van der Waals surface area contributed by atoms with Crippen LogP contribution in [0.5, 0.6) is 0 Å². The Labute approximate surface area is 105 Å². The van der Waals surface area contributed by atoms with Gasteiger partial charge in [0.1, 0.15) is 6.10 Å². The first-order valence-electron chi connectivity index (χ1n) is 5.40. The largest absolute Gasteiger partial charge is 0.438 e. The van der Waals surface area contributed by atoms with Gasteiger partial charge >= 0.3 is 6.09 Å². The number of benzene rings is 1. The van der Waals surface area contributed by atoms with Gasteiger partial charge in [-0.3, -0.25) is 0 Å². The molecule has 5 heteroatoms. The Kier molecular flexibility index (Phi) is 3.26. The van der Waals surface area contributed by atoms with Crippen LogP contribution in [0.15, 0.2) is 18.2 Å². The van der Waals surface area contributed by atoms with Crippen LogP contribution < -0.4 is 5.32 Å². The van der Waals surface area contributed by atoms with Crippen LogP contribution in [0.3, 0.4) is 0 Å². The lowest BCUT2D eigenvalue weighted by Gasteiger charge is -2.33. The van der Waals surface area contributed by atoms with E-state index in [-0.39, 0.29) is 6.04 Å². The number of ether oxygens (including phenoxy) is 1. The van der Waals surface area contributed by atoms with Crippen LogP contribution in [-0.2, 0) is 4.74 Å². The summed E-state index contributed by atoms with van der Waals surface area (Å²) in [6.45, 7) is 3.64. The topological polar surface area (TPSA) is 58.6 Å². The fourth-order valence-electron chi connectivity index (χ4n) is 1.86. The number of aliphatic hydroxyl groups excluding tert-OH is 1. The van der Waals surface area contributed by atoms with Crippen LogP contribution in [0.2, 0.25) is 5.02 Å². The van der Waals surface area contributed by atoms with Crippen molar-refractivity contribution in [2.45, 2.75) is 32.1 Å². The number of aliphatic hydroxyl groups is 1. The Morgan fingerprint density at radius 1 is 1.47 bits per heavy atom. The number of cyclic esters (lactones) is 1. The van der Waals surface area contributed by atoms with Crippen LogP contribution in [0.25, 0.3) is 0 Å². The summed E-state index contributed by atoms with van der Waals surface area (Å²) in [5.74, 6) is 0. The van der Waals surface area contributed by atoms with E-state index in [4.69, 9.17) is 16.3 Å². The molecular weight excluding hydrogens is 242 g/mol. The Morgan fingerprint density at radius 2 is 2.18 bits per heavy atom. The Hall–Kier alpha value is -1.26. The van der Waals surface area contributed by atoms with E-state index in [1.807, 2.05) is 13.0 Å². The Balaban J connectivity index is 2.34. The van der Waals surface area contributed by atoms with Crippen molar-refractivity contribution in [1.82, 2.24) is 5.32 Å². The molecule has 0 spiro atoms. The molecular formula is C12H14ClNO3. The number of carbonyl (C=O) groups excluding carboxylic acids is 1. The number of halogens is 1. The normalized spacial score (nSPS) is 28.5. The number of aryl methyl sites for hydroxylation is 1. The zero-order valence-electron chi connectivity index (χ0n) is 9.61. The van der Waals surface area contributed by atoms with E-state index in [0.717, 1.165) is 5.56 Å². The molecule has 1 aliphatic rings. The number of nitrogens with one attached hydrogen (secondary N) is 1. The summed E-state index contributed by atoms with van der Waals surface area (Å²) >= 11 is 6.10. The van der Waals surface area contributed by atoms with Gasteiger partial charge in [0, 0.05) is 10.6 Å². The second kappa shape index (κ2) is 4.55. The standard InChI is InChI=1S/C12H14ClNO3/c1-6-3-4-8(9(13)5-6)11-10(15)7(2)14-12(16)17-11/h3-5,7,10-11,15H,1-2H3,(H,14,16). The fraction of sp³-hybridized carbons (Fsp3) is 0.417. The van der Waals surface area contributed by atoms with Crippen molar-refractivity contribution >= 4 is 17.7 Å². The molecule has 1 saturated heterocycles. The minimum absolute atomic E-state index is 0.362. The summed E-state index contributed by atoms with van der Waals surface area (Å²) in [7, 11) is 0. The average Bonchev–Trinajstić information content (AvgIpc) is 2.24. The van der Waals surface area contributed by atoms with Gasteiger partial charge < -0.3 is 15.2 Å². The molecule has 2 rings (SSSR count). The molecule has 3 unspecified atom stereocenters. The first-order valence-corrected chi connectivity index (χ1v) is 5.78. The summed E-state index contributed by atoms with van der Waals surface area (Å²) in [4.78, 5) is 11.3. The van der Waals surface area contributed by atoms with Crippen molar-refractivity contribution in [3.8, 4) is 0 Å². The maximum Gasteiger partial charge on any atom is 0.408 e. The van der Waals surface area contributed by atoms with E-state index in [9.17, 15) is 9.90 Å². The highest BCUT2D eigenvalue weighted by atomic mass is 35.5. The lowest BCUT2D eigenvalue weighted by molar-refractivity contribution is -0.0407. The molecule has 1 aromatic rings. The Bertz CT molecular complexity index is 449. The molecule has 0 bridgehead atoms. The molecule has 0 aliphatic carbocycles. The van der Waals surface area contributed by atoms with E-state index < -0.39 is 18.3 Å². The van der Waals surface area contributed by atoms with Gasteiger partial charge in [0.2, 0.25) is 0 Å². The van der Waals surface area contributed by atoms with Crippen molar-refractivity contribution in [1.29, 1.82) is 0 Å². The monoisotopic (exact) mass is 255 g/mol. The first-order chi connectivity index (χ1) is 7.99. The molecule has 4 nitrogen and oxygen atoms in total. The van der Waals surface area contributed by atoms with Gasteiger partial charge in [-0.05, 0) is 25.5 Å². The summed E-state index contributed by atoms with van der Waals surface area (Å²) in [6, 6.07) is 5.06. The zero-order chi connectivity index (χ0) is 12.6. The molecule has 1 aliphatic heterocycles. The van der Waals surface area contributed by atoms with Gasteiger partial charge in [0.05, 0.1) is 6.04 Å². The van der Waals surface area contributed by atoms with Crippen molar-refractivity contribution in [3.63, 3.8) is 0 Å². The van der Waals surface area contributed by atoms with Gasteiger partial charge in [-0.15, -0.1) is 0 Å². The van der Waals surface area contributed by atoms with Crippen LogP contribution in [0, 0.1) is 6.92 Å². The van der Waals surface area contributed by atoms with Crippen LogP contribution in [0.4, 0.5) is 4.79 Å². The number of alkyl carbamates (subject to hydrolysis) is 1. The predicted molar refractivity (Wildman–Crippen MR) is 64.0 cm³/mol. The third-order valence-electron chi connectivity index (χ3n) is 2.86. The third-order valence-corrected chi connectivity index (χ3v) is 3.19. The van der Waals surface area contributed by atoms with Crippen molar-refractivity contribution in [2.24, 2.45) is 0 Å². The van der Waals surface area contributed by atoms with Crippen LogP contribution >= 0.6 is 11.6 Å². The molecule has 2 N–H and O–H groups in total. The first kappa shape index (κ1) is 12.2. The molecule has 1 heterocycles. The summed E-state index contributed by atoms with van der Waals surface area (Å²) in [5, 5.41) is 13.0. The van der Waals surface area contributed by atoms with E-state index in [0.29, 0.717) is 10.6 Å². The van der Waals surface area contributed by atoms with E-state index in [1.54, 1.807) is 19.1 Å². The SMILES string of the molecule is Cc1ccc(C2OC(=O)NC(C)C2O)c(Cl)c1. The molecule has 1 fully saturated rings. The number of hydrogen-bond donors (Lipinski definition) is 2. The lowest BCUT2D eigenvalue weighted by atomic mass is 9.97. The molecule has 1 aromatic carbocycles. The number of hydrogen-bond acceptors (Lipinski definition) is 3. The minimum atomic E-state index is -0.812. The number of rotatable bonds is 1. The number of carbonyl (C=O) groups is 1. The highest BCUT2D eigenvalue weighted by Gasteiger charge is 2.36. The predicted octanol–water partition coefficient (Wildman–Crippen LogP) is 2.18. The van der Waals surface area contributed by atoms with Crippen molar-refractivity contribution in [2.75, 3.05) is 0 Å². The second-order valence-electron chi connectivity index (χ2n) is 4.27. The second-order valence-corrected chi connectivity index (χ2v) is 4.68. The molecule has 1 amide bonds. The zero-order valence-corrected chi connectivity index (χ0v) is 10.4. The summed E-state index contributed by atoms with van der Waals surface area (Å²) in [6.07, 6.45) is -2.07. The van der Waals surface area contributed by atoms with E-state index >= 15 is 0 Å². The smallest absolute Gasteiger partial charge is 0.408 e. The van der Waals surface area contributed by atoms with Gasteiger partial charge in [0.25, 0.3) is 0 Å². The highest BCUT2D eigenvalue weighted by molar-refractivity contribution is 6.31. The molecule has 0 saturated carbocycles. The quantitative estimate of drug-likeness (QED) is 0.809. The summed E-state index contributed by atoms with van der Waals surface area (Å²) in [5.41, 5.74) is 1.65.